The van der Waals surface area contributed by atoms with Gasteiger partial charge in [0.25, 0.3) is 0 Å². The van der Waals surface area contributed by atoms with Crippen molar-refractivity contribution in [3.8, 4) is 0 Å². The van der Waals surface area contributed by atoms with Gasteiger partial charge in [-0.1, -0.05) is 0 Å². The van der Waals surface area contributed by atoms with Crippen molar-refractivity contribution in [3.63, 3.8) is 0 Å². The molecule has 0 bridgehead atoms. The Labute approximate surface area is 69.1 Å². The van der Waals surface area contributed by atoms with Gasteiger partial charge in [-0.3, -0.25) is 0 Å². The van der Waals surface area contributed by atoms with Crippen molar-refractivity contribution < 1.29 is 13.2 Å². The zero-order valence-electron chi connectivity index (χ0n) is 6.64. The smallest absolute Gasteiger partial charge is 0.328 e. The van der Waals surface area contributed by atoms with Gasteiger partial charge < -0.3 is 11.5 Å². The van der Waals surface area contributed by atoms with Crippen molar-refractivity contribution >= 4 is 0 Å². The van der Waals surface area contributed by atoms with Crippen LogP contribution in [-0.4, -0.2) is 18.3 Å². The van der Waals surface area contributed by atoms with E-state index in [1.807, 2.05) is 0 Å². The maximum absolute atomic E-state index is 12.2. The predicted octanol–water partition coefficient (Wildman–Crippen LogP) is 1.00. The highest BCUT2D eigenvalue weighted by Crippen LogP contribution is 2.36. The highest BCUT2D eigenvalue weighted by Gasteiger charge is 2.43. The number of hydrogen-bond acceptors (Lipinski definition) is 2. The molecular formula is C7H13F3N2. The minimum atomic E-state index is -4.13. The molecule has 2 nitrogen and oxygen atoms in total. The summed E-state index contributed by atoms with van der Waals surface area (Å²) < 4.78 is 36.5. The molecule has 1 fully saturated rings. The summed E-state index contributed by atoms with van der Waals surface area (Å²) in [6.45, 7) is 0. The Kier molecular flexibility index (Phi) is 2.63. The van der Waals surface area contributed by atoms with E-state index in [1.54, 1.807) is 0 Å². The summed E-state index contributed by atoms with van der Waals surface area (Å²) >= 11 is 0. The fourth-order valence-electron chi connectivity index (χ4n) is 1.68. The Bertz CT molecular complexity index is 147. The Morgan fingerprint density at radius 2 is 1.33 bits per heavy atom. The van der Waals surface area contributed by atoms with Gasteiger partial charge in [0.15, 0.2) is 0 Å². The lowest BCUT2D eigenvalue weighted by molar-refractivity contribution is -0.184. The Balaban J connectivity index is 2.55. The number of alkyl halides is 3. The Morgan fingerprint density at radius 3 is 1.67 bits per heavy atom. The normalized spacial score (nSPS) is 38.2. The van der Waals surface area contributed by atoms with Gasteiger partial charge in [0.2, 0.25) is 0 Å². The molecule has 1 aliphatic carbocycles. The third-order valence-electron chi connectivity index (χ3n) is 2.24. The van der Waals surface area contributed by atoms with Gasteiger partial charge in [0.1, 0.15) is 0 Å². The second-order valence-corrected chi connectivity index (χ2v) is 3.47. The van der Waals surface area contributed by atoms with Crippen LogP contribution in [0.5, 0.6) is 0 Å². The molecule has 2 atom stereocenters. The number of halogens is 3. The summed E-state index contributed by atoms with van der Waals surface area (Å²) in [5, 5.41) is 0. The largest absolute Gasteiger partial charge is 0.391 e. The maximum Gasteiger partial charge on any atom is 0.391 e. The fourth-order valence-corrected chi connectivity index (χ4v) is 1.68. The van der Waals surface area contributed by atoms with E-state index in [0.29, 0.717) is 6.42 Å². The van der Waals surface area contributed by atoms with E-state index in [-0.39, 0.29) is 24.9 Å². The summed E-state index contributed by atoms with van der Waals surface area (Å²) in [5.74, 6) is -1.30. The summed E-state index contributed by atoms with van der Waals surface area (Å²) in [6, 6.07) is -0.777. The van der Waals surface area contributed by atoms with Crippen LogP contribution in [0.1, 0.15) is 19.3 Å². The Morgan fingerprint density at radius 1 is 0.917 bits per heavy atom. The van der Waals surface area contributed by atoms with Crippen LogP contribution in [-0.2, 0) is 0 Å². The SMILES string of the molecule is N[C@@H]1CC(C(F)(F)F)C[C@@H](N)C1. The molecule has 0 aromatic carbocycles. The van der Waals surface area contributed by atoms with Gasteiger partial charge in [-0.2, -0.15) is 13.2 Å². The second kappa shape index (κ2) is 3.22. The predicted molar refractivity (Wildman–Crippen MR) is 39.3 cm³/mol. The summed E-state index contributed by atoms with van der Waals surface area (Å²) in [5.41, 5.74) is 10.9. The first-order valence-corrected chi connectivity index (χ1v) is 3.97. The van der Waals surface area contributed by atoms with Crippen LogP contribution >= 0.6 is 0 Å². The minimum absolute atomic E-state index is 0.0250. The van der Waals surface area contributed by atoms with Crippen LogP contribution in [0, 0.1) is 5.92 Å². The molecule has 0 amide bonds. The zero-order chi connectivity index (χ0) is 9.35. The molecule has 0 unspecified atom stereocenters. The monoisotopic (exact) mass is 182 g/mol. The lowest BCUT2D eigenvalue weighted by Gasteiger charge is -2.32. The first-order valence-electron chi connectivity index (χ1n) is 3.97. The standard InChI is InChI=1S/C7H13F3N2/c8-7(9,10)4-1-5(11)3-6(12)2-4/h4-6H,1-3,11-12H2/t5-,6-/m1/s1. The van der Waals surface area contributed by atoms with Crippen LogP contribution < -0.4 is 11.5 Å². The van der Waals surface area contributed by atoms with Gasteiger partial charge in [-0.25, -0.2) is 0 Å². The molecule has 1 rings (SSSR count). The molecule has 0 radical (unpaired) electrons. The van der Waals surface area contributed by atoms with Crippen LogP contribution in [0.25, 0.3) is 0 Å². The minimum Gasteiger partial charge on any atom is -0.328 e. The van der Waals surface area contributed by atoms with E-state index in [0.717, 1.165) is 0 Å². The number of hydrogen-bond donors (Lipinski definition) is 2. The van der Waals surface area contributed by atoms with E-state index in [2.05, 4.69) is 0 Å². The molecule has 0 aliphatic heterocycles. The highest BCUT2D eigenvalue weighted by atomic mass is 19.4. The van der Waals surface area contributed by atoms with E-state index >= 15 is 0 Å². The quantitative estimate of drug-likeness (QED) is 0.587. The fraction of sp³-hybridized carbons (Fsp3) is 1.00. The van der Waals surface area contributed by atoms with Crippen molar-refractivity contribution in [1.29, 1.82) is 0 Å². The highest BCUT2D eigenvalue weighted by molar-refractivity contribution is 4.86. The molecular weight excluding hydrogens is 169 g/mol. The lowest BCUT2D eigenvalue weighted by Crippen LogP contribution is -2.44. The third-order valence-corrected chi connectivity index (χ3v) is 2.24. The van der Waals surface area contributed by atoms with Crippen LogP contribution in [0.2, 0.25) is 0 Å². The molecule has 12 heavy (non-hydrogen) atoms. The van der Waals surface area contributed by atoms with Crippen molar-refractivity contribution in [2.24, 2.45) is 17.4 Å². The first kappa shape index (κ1) is 9.80. The maximum atomic E-state index is 12.2. The molecule has 0 spiro atoms. The molecule has 1 saturated carbocycles. The van der Waals surface area contributed by atoms with E-state index in [4.69, 9.17) is 11.5 Å². The van der Waals surface area contributed by atoms with Gasteiger partial charge in [0.05, 0.1) is 5.92 Å². The molecule has 0 heterocycles. The van der Waals surface area contributed by atoms with Gasteiger partial charge in [0, 0.05) is 12.1 Å². The van der Waals surface area contributed by atoms with E-state index < -0.39 is 12.1 Å². The average molecular weight is 182 g/mol. The molecule has 1 aliphatic rings. The van der Waals surface area contributed by atoms with Crippen LogP contribution in [0.15, 0.2) is 0 Å². The topological polar surface area (TPSA) is 52.0 Å². The summed E-state index contributed by atoms with van der Waals surface area (Å²) in [4.78, 5) is 0. The second-order valence-electron chi connectivity index (χ2n) is 3.47. The van der Waals surface area contributed by atoms with Crippen molar-refractivity contribution in [2.75, 3.05) is 0 Å². The lowest BCUT2D eigenvalue weighted by atomic mass is 9.83. The molecule has 0 aromatic rings. The van der Waals surface area contributed by atoms with Gasteiger partial charge in [-0.05, 0) is 19.3 Å². The van der Waals surface area contributed by atoms with E-state index in [1.165, 1.54) is 0 Å². The van der Waals surface area contributed by atoms with E-state index in [9.17, 15) is 13.2 Å². The van der Waals surface area contributed by atoms with Gasteiger partial charge >= 0.3 is 6.18 Å². The third kappa shape index (κ3) is 2.35. The molecule has 72 valence electrons. The molecule has 5 heteroatoms. The van der Waals surface area contributed by atoms with Crippen molar-refractivity contribution in [2.45, 2.75) is 37.5 Å². The van der Waals surface area contributed by atoms with Crippen LogP contribution in [0.4, 0.5) is 13.2 Å². The average Bonchev–Trinajstić information content (AvgIpc) is 1.82. The zero-order valence-corrected chi connectivity index (χ0v) is 6.64. The summed E-state index contributed by atoms with van der Waals surface area (Å²) in [7, 11) is 0. The number of rotatable bonds is 0. The molecule has 0 aromatic heterocycles. The number of nitrogens with two attached hydrogens (primary N) is 2. The van der Waals surface area contributed by atoms with Gasteiger partial charge in [-0.15, -0.1) is 0 Å². The van der Waals surface area contributed by atoms with Crippen molar-refractivity contribution in [3.05, 3.63) is 0 Å². The summed E-state index contributed by atoms with van der Waals surface area (Å²) in [6.07, 6.45) is -3.57. The van der Waals surface area contributed by atoms with Crippen molar-refractivity contribution in [1.82, 2.24) is 0 Å². The Hall–Kier alpha value is -0.290. The first-order chi connectivity index (χ1) is 5.39. The molecule has 0 saturated heterocycles. The molecule has 4 N–H and O–H groups in total. The van der Waals surface area contributed by atoms with Crippen LogP contribution in [0.3, 0.4) is 0 Å².